The van der Waals surface area contributed by atoms with Crippen LogP contribution >= 0.6 is 11.3 Å². The number of carbonyl (C=O) groups excluding carboxylic acids is 1. The van der Waals surface area contributed by atoms with Crippen molar-refractivity contribution >= 4 is 22.2 Å². The van der Waals surface area contributed by atoms with Gasteiger partial charge in [0, 0.05) is 4.88 Å². The molecule has 0 bridgehead atoms. The van der Waals surface area contributed by atoms with Crippen LogP contribution in [0.2, 0.25) is 0 Å². The number of thiophene rings is 1. The molecule has 1 atom stereocenters. The van der Waals surface area contributed by atoms with Crippen LogP contribution in [0.5, 0.6) is 0 Å². The van der Waals surface area contributed by atoms with Gasteiger partial charge in [0.2, 0.25) is 0 Å². The predicted octanol–water partition coefficient (Wildman–Crippen LogP) is 0.988. The lowest BCUT2D eigenvalue weighted by molar-refractivity contribution is -0.899. The van der Waals surface area contributed by atoms with Gasteiger partial charge in [0.05, 0.1) is 18.8 Å². The minimum Gasteiger partial charge on any atom is -0.370 e. The van der Waals surface area contributed by atoms with Gasteiger partial charge < -0.3 is 15.0 Å². The summed E-state index contributed by atoms with van der Waals surface area (Å²) in [6.45, 7) is 5.86. The second-order valence-corrected chi connectivity index (χ2v) is 7.53. The van der Waals surface area contributed by atoms with Gasteiger partial charge in [0.15, 0.2) is 6.54 Å². The SMILES string of the molecule is CC[C@H]1CCc2c(sc(NC(=O)C[NH+]3CCOCC3)c2C#N)C1. The van der Waals surface area contributed by atoms with Crippen molar-refractivity contribution in [1.82, 2.24) is 0 Å². The van der Waals surface area contributed by atoms with Crippen LogP contribution in [-0.4, -0.2) is 38.8 Å². The first-order chi connectivity index (χ1) is 11.2. The molecule has 0 unspecified atom stereocenters. The molecule has 2 N–H and O–H groups in total. The number of ether oxygens (including phenoxy) is 1. The lowest BCUT2D eigenvalue weighted by atomic mass is 9.86. The van der Waals surface area contributed by atoms with Crippen molar-refractivity contribution < 1.29 is 14.4 Å². The van der Waals surface area contributed by atoms with Crippen LogP contribution in [0.15, 0.2) is 0 Å². The van der Waals surface area contributed by atoms with Gasteiger partial charge in [0.1, 0.15) is 24.2 Å². The van der Waals surface area contributed by atoms with Gasteiger partial charge in [0.25, 0.3) is 5.91 Å². The van der Waals surface area contributed by atoms with Crippen LogP contribution in [0.25, 0.3) is 0 Å². The Morgan fingerprint density at radius 3 is 2.96 bits per heavy atom. The minimum atomic E-state index is 0.00374. The average Bonchev–Trinajstić information content (AvgIpc) is 2.91. The highest BCUT2D eigenvalue weighted by Crippen LogP contribution is 2.39. The van der Waals surface area contributed by atoms with Gasteiger partial charge in [-0.2, -0.15) is 5.26 Å². The molecule has 1 saturated heterocycles. The zero-order chi connectivity index (χ0) is 16.2. The normalized spacial score (nSPS) is 21.5. The van der Waals surface area contributed by atoms with Crippen LogP contribution in [-0.2, 0) is 22.4 Å². The topological polar surface area (TPSA) is 66.6 Å². The molecule has 2 aliphatic rings. The first-order valence-corrected chi connectivity index (χ1v) is 9.28. The maximum absolute atomic E-state index is 12.3. The van der Waals surface area contributed by atoms with Crippen LogP contribution in [0, 0.1) is 17.2 Å². The third kappa shape index (κ3) is 3.74. The summed E-state index contributed by atoms with van der Waals surface area (Å²) < 4.78 is 5.32. The highest BCUT2D eigenvalue weighted by Gasteiger charge is 2.26. The largest absolute Gasteiger partial charge is 0.370 e. The summed E-state index contributed by atoms with van der Waals surface area (Å²) in [6.07, 6.45) is 4.36. The average molecular weight is 334 g/mol. The van der Waals surface area contributed by atoms with Crippen molar-refractivity contribution in [3.05, 3.63) is 16.0 Å². The maximum Gasteiger partial charge on any atom is 0.280 e. The Balaban J connectivity index is 1.69. The minimum absolute atomic E-state index is 0.00374. The zero-order valence-electron chi connectivity index (χ0n) is 13.6. The third-order valence-corrected chi connectivity index (χ3v) is 6.09. The Morgan fingerprint density at radius 1 is 1.48 bits per heavy atom. The number of carbonyl (C=O) groups is 1. The number of hydrogen-bond acceptors (Lipinski definition) is 4. The second kappa shape index (κ2) is 7.43. The number of nitriles is 1. The zero-order valence-corrected chi connectivity index (χ0v) is 14.4. The van der Waals surface area contributed by atoms with E-state index in [1.807, 2.05) is 0 Å². The summed E-state index contributed by atoms with van der Waals surface area (Å²) in [7, 11) is 0. The standard InChI is InChI=1S/C17H23N3O2S/c1-2-12-3-4-13-14(10-18)17(23-15(13)9-12)19-16(21)11-20-5-7-22-8-6-20/h12H,2-9,11H2,1H3,(H,19,21)/p+1/t12-/m0/s1. The summed E-state index contributed by atoms with van der Waals surface area (Å²) in [6, 6.07) is 2.31. The summed E-state index contributed by atoms with van der Waals surface area (Å²) in [5.74, 6) is 0.720. The molecule has 0 spiro atoms. The van der Waals surface area contributed by atoms with Crippen LogP contribution in [0.4, 0.5) is 5.00 Å². The molecule has 0 radical (unpaired) electrons. The number of nitrogens with zero attached hydrogens (tertiary/aromatic N) is 1. The molecule has 1 aliphatic carbocycles. The summed E-state index contributed by atoms with van der Waals surface area (Å²) in [5.41, 5.74) is 1.88. The molecular formula is C17H24N3O2S+. The molecule has 1 fully saturated rings. The Kier molecular flexibility index (Phi) is 5.31. The van der Waals surface area contributed by atoms with E-state index in [1.54, 1.807) is 11.3 Å². The number of anilines is 1. The van der Waals surface area contributed by atoms with Gasteiger partial charge in [-0.05, 0) is 30.7 Å². The summed E-state index contributed by atoms with van der Waals surface area (Å²) >= 11 is 1.61. The molecule has 3 rings (SSSR count). The molecule has 1 aliphatic heterocycles. The number of morpholine rings is 1. The summed E-state index contributed by atoms with van der Waals surface area (Å²) in [4.78, 5) is 14.9. The van der Waals surface area contributed by atoms with E-state index in [2.05, 4.69) is 18.3 Å². The number of rotatable bonds is 4. The number of fused-ring (bicyclic) bond motifs is 1. The lowest BCUT2D eigenvalue weighted by Gasteiger charge is -2.22. The van der Waals surface area contributed by atoms with E-state index in [9.17, 15) is 10.1 Å². The molecule has 1 aromatic heterocycles. The first-order valence-electron chi connectivity index (χ1n) is 8.47. The van der Waals surface area contributed by atoms with E-state index in [4.69, 9.17) is 4.74 Å². The second-order valence-electron chi connectivity index (χ2n) is 6.42. The molecule has 124 valence electrons. The van der Waals surface area contributed by atoms with Gasteiger partial charge >= 0.3 is 0 Å². The molecule has 0 saturated carbocycles. The van der Waals surface area contributed by atoms with Gasteiger partial charge in [-0.3, -0.25) is 4.79 Å². The highest BCUT2D eigenvalue weighted by atomic mass is 32.1. The van der Waals surface area contributed by atoms with E-state index >= 15 is 0 Å². The Labute approximate surface area is 141 Å². The van der Waals surface area contributed by atoms with E-state index in [-0.39, 0.29) is 5.91 Å². The predicted molar refractivity (Wildman–Crippen MR) is 89.9 cm³/mol. The molecular weight excluding hydrogens is 310 g/mol. The van der Waals surface area contributed by atoms with Crippen molar-refractivity contribution in [2.24, 2.45) is 5.92 Å². The maximum atomic E-state index is 12.3. The molecule has 0 aromatic carbocycles. The molecule has 2 heterocycles. The van der Waals surface area contributed by atoms with E-state index in [1.165, 1.54) is 21.8 Å². The molecule has 6 heteroatoms. The third-order valence-electron chi connectivity index (χ3n) is 4.92. The monoisotopic (exact) mass is 334 g/mol. The van der Waals surface area contributed by atoms with Gasteiger partial charge in [-0.25, -0.2) is 0 Å². The van der Waals surface area contributed by atoms with Crippen molar-refractivity contribution in [2.75, 3.05) is 38.2 Å². The van der Waals surface area contributed by atoms with Crippen molar-refractivity contribution in [3.8, 4) is 6.07 Å². The van der Waals surface area contributed by atoms with Crippen molar-refractivity contribution in [2.45, 2.75) is 32.6 Å². The molecule has 5 nitrogen and oxygen atoms in total. The van der Waals surface area contributed by atoms with Crippen molar-refractivity contribution in [3.63, 3.8) is 0 Å². The molecule has 23 heavy (non-hydrogen) atoms. The first kappa shape index (κ1) is 16.4. The molecule has 1 aromatic rings. The van der Waals surface area contributed by atoms with Crippen LogP contribution < -0.4 is 10.2 Å². The number of quaternary nitrogens is 1. The molecule has 1 amide bonds. The fourth-order valence-electron chi connectivity index (χ4n) is 3.44. The lowest BCUT2D eigenvalue weighted by Crippen LogP contribution is -3.15. The van der Waals surface area contributed by atoms with E-state index in [0.29, 0.717) is 18.0 Å². The van der Waals surface area contributed by atoms with Crippen LogP contribution in [0.3, 0.4) is 0 Å². The fourth-order valence-corrected chi connectivity index (χ4v) is 4.77. The number of nitrogens with one attached hydrogen (secondary N) is 2. The quantitative estimate of drug-likeness (QED) is 0.863. The summed E-state index contributed by atoms with van der Waals surface area (Å²) in [5, 5.41) is 13.3. The highest BCUT2D eigenvalue weighted by molar-refractivity contribution is 7.16. The van der Waals surface area contributed by atoms with Crippen molar-refractivity contribution in [1.29, 1.82) is 5.26 Å². The fraction of sp³-hybridized carbons (Fsp3) is 0.647. The Hall–Kier alpha value is -1.42. The Bertz CT molecular complexity index is 614. The Morgan fingerprint density at radius 2 is 2.26 bits per heavy atom. The smallest absolute Gasteiger partial charge is 0.280 e. The number of amides is 1. The van der Waals surface area contributed by atoms with E-state index in [0.717, 1.165) is 50.6 Å². The van der Waals surface area contributed by atoms with Gasteiger partial charge in [-0.15, -0.1) is 11.3 Å². The van der Waals surface area contributed by atoms with Crippen LogP contribution in [0.1, 0.15) is 35.8 Å². The number of hydrogen-bond donors (Lipinski definition) is 2. The van der Waals surface area contributed by atoms with Gasteiger partial charge in [-0.1, -0.05) is 13.3 Å². The van der Waals surface area contributed by atoms with E-state index < -0.39 is 0 Å².